The molecule has 0 saturated heterocycles. The zero-order valence-corrected chi connectivity index (χ0v) is 12.4. The molecule has 2 aromatic carbocycles. The maximum atomic E-state index is 12.1. The standard InChI is InChI=1S/C15H9Cl3O2/c16-12-6-5-11(14(17)15(12)18)13(20)7-4-9-2-1-3-10(19)8-9/h1-8,19H/b7-4+. The highest BCUT2D eigenvalue weighted by Crippen LogP contribution is 2.33. The summed E-state index contributed by atoms with van der Waals surface area (Å²) >= 11 is 17.7. The molecule has 0 fully saturated rings. The molecule has 2 rings (SSSR count). The van der Waals surface area contributed by atoms with Gasteiger partial charge in [-0.25, -0.2) is 0 Å². The van der Waals surface area contributed by atoms with E-state index in [2.05, 4.69) is 0 Å². The van der Waals surface area contributed by atoms with Gasteiger partial charge in [-0.1, -0.05) is 53.0 Å². The maximum Gasteiger partial charge on any atom is 0.187 e. The smallest absolute Gasteiger partial charge is 0.187 e. The average Bonchev–Trinajstić information content (AvgIpc) is 2.42. The molecule has 0 saturated carbocycles. The van der Waals surface area contributed by atoms with Crippen molar-refractivity contribution in [3.8, 4) is 5.75 Å². The minimum Gasteiger partial charge on any atom is -0.508 e. The summed E-state index contributed by atoms with van der Waals surface area (Å²) in [7, 11) is 0. The van der Waals surface area contributed by atoms with Crippen molar-refractivity contribution in [3.05, 3.63) is 68.7 Å². The molecule has 0 unspecified atom stereocenters. The number of carbonyl (C=O) groups excluding carboxylic acids is 1. The van der Waals surface area contributed by atoms with Gasteiger partial charge >= 0.3 is 0 Å². The number of aromatic hydroxyl groups is 1. The van der Waals surface area contributed by atoms with Gasteiger partial charge in [0.15, 0.2) is 5.78 Å². The first kappa shape index (κ1) is 14.9. The highest BCUT2D eigenvalue weighted by Gasteiger charge is 2.13. The number of halogens is 3. The van der Waals surface area contributed by atoms with Gasteiger partial charge in [0, 0.05) is 5.56 Å². The molecule has 0 bridgehead atoms. The van der Waals surface area contributed by atoms with Crippen molar-refractivity contribution < 1.29 is 9.90 Å². The Morgan fingerprint density at radius 2 is 1.80 bits per heavy atom. The SMILES string of the molecule is O=C(/C=C/c1cccc(O)c1)c1ccc(Cl)c(Cl)c1Cl. The Balaban J connectivity index is 2.27. The lowest BCUT2D eigenvalue weighted by atomic mass is 10.1. The van der Waals surface area contributed by atoms with Crippen LogP contribution in [0.4, 0.5) is 0 Å². The van der Waals surface area contributed by atoms with Crippen molar-refractivity contribution in [1.82, 2.24) is 0 Å². The maximum absolute atomic E-state index is 12.1. The van der Waals surface area contributed by atoms with Crippen LogP contribution >= 0.6 is 34.8 Å². The number of carbonyl (C=O) groups is 1. The number of phenols is 1. The van der Waals surface area contributed by atoms with E-state index in [1.807, 2.05) is 0 Å². The third-order valence-electron chi connectivity index (χ3n) is 2.60. The normalized spacial score (nSPS) is 10.9. The van der Waals surface area contributed by atoms with Crippen LogP contribution < -0.4 is 0 Å². The Hall–Kier alpha value is -1.48. The molecule has 0 amide bonds. The van der Waals surface area contributed by atoms with Crippen molar-refractivity contribution in [3.63, 3.8) is 0 Å². The van der Waals surface area contributed by atoms with E-state index >= 15 is 0 Å². The van der Waals surface area contributed by atoms with Crippen LogP contribution in [0.3, 0.4) is 0 Å². The molecular weight excluding hydrogens is 319 g/mol. The summed E-state index contributed by atoms with van der Waals surface area (Å²) in [5.74, 6) is -0.163. The van der Waals surface area contributed by atoms with E-state index in [4.69, 9.17) is 34.8 Å². The second-order valence-corrected chi connectivity index (χ2v) is 5.18. The molecule has 0 spiro atoms. The molecule has 0 atom stereocenters. The van der Waals surface area contributed by atoms with Gasteiger partial charge in [0.05, 0.1) is 15.1 Å². The van der Waals surface area contributed by atoms with Crippen LogP contribution in [0.1, 0.15) is 15.9 Å². The lowest BCUT2D eigenvalue weighted by molar-refractivity contribution is 0.104. The average molecular weight is 328 g/mol. The Bertz CT molecular complexity index is 694. The van der Waals surface area contributed by atoms with E-state index in [-0.39, 0.29) is 27.1 Å². The van der Waals surface area contributed by atoms with E-state index in [0.29, 0.717) is 10.6 Å². The van der Waals surface area contributed by atoms with Crippen molar-refractivity contribution in [2.45, 2.75) is 0 Å². The first-order chi connectivity index (χ1) is 9.49. The van der Waals surface area contributed by atoms with E-state index in [9.17, 15) is 9.90 Å². The van der Waals surface area contributed by atoms with Gasteiger partial charge in [0.1, 0.15) is 5.75 Å². The largest absolute Gasteiger partial charge is 0.508 e. The van der Waals surface area contributed by atoms with Crippen LogP contribution in [0.2, 0.25) is 15.1 Å². The van der Waals surface area contributed by atoms with E-state index in [0.717, 1.165) is 0 Å². The topological polar surface area (TPSA) is 37.3 Å². The summed E-state index contributed by atoms with van der Waals surface area (Å²) in [6.45, 7) is 0. The van der Waals surface area contributed by atoms with Crippen LogP contribution in [0.25, 0.3) is 6.08 Å². The Labute approximate surface area is 131 Å². The molecule has 0 aliphatic heterocycles. The molecular formula is C15H9Cl3O2. The predicted octanol–water partition coefficient (Wildman–Crippen LogP) is 5.25. The van der Waals surface area contributed by atoms with Gasteiger partial charge in [0.25, 0.3) is 0 Å². The lowest BCUT2D eigenvalue weighted by Gasteiger charge is -2.03. The Morgan fingerprint density at radius 3 is 2.50 bits per heavy atom. The summed E-state index contributed by atoms with van der Waals surface area (Å²) < 4.78 is 0. The van der Waals surface area contributed by atoms with Crippen molar-refractivity contribution in [2.75, 3.05) is 0 Å². The van der Waals surface area contributed by atoms with Gasteiger partial charge in [-0.15, -0.1) is 0 Å². The van der Waals surface area contributed by atoms with Gasteiger partial charge in [-0.05, 0) is 35.9 Å². The first-order valence-electron chi connectivity index (χ1n) is 5.64. The molecule has 0 aromatic heterocycles. The Kier molecular flexibility index (Phi) is 4.71. The molecule has 0 aliphatic carbocycles. The quantitative estimate of drug-likeness (QED) is 0.475. The zero-order chi connectivity index (χ0) is 14.7. The molecule has 1 N–H and O–H groups in total. The molecule has 2 nitrogen and oxygen atoms in total. The van der Waals surface area contributed by atoms with Crippen LogP contribution in [0.5, 0.6) is 5.75 Å². The minimum atomic E-state index is -0.295. The lowest BCUT2D eigenvalue weighted by Crippen LogP contribution is -1.96. The van der Waals surface area contributed by atoms with Gasteiger partial charge in [-0.2, -0.15) is 0 Å². The van der Waals surface area contributed by atoms with Crippen molar-refractivity contribution >= 4 is 46.7 Å². The van der Waals surface area contributed by atoms with Gasteiger partial charge < -0.3 is 5.11 Å². The highest BCUT2D eigenvalue weighted by atomic mass is 35.5. The van der Waals surface area contributed by atoms with Crippen molar-refractivity contribution in [2.24, 2.45) is 0 Å². The van der Waals surface area contributed by atoms with Gasteiger partial charge in [-0.3, -0.25) is 4.79 Å². The zero-order valence-electron chi connectivity index (χ0n) is 10.1. The predicted molar refractivity (Wildman–Crippen MR) is 82.9 cm³/mol. The van der Waals surface area contributed by atoms with Crippen LogP contribution in [0.15, 0.2) is 42.5 Å². The first-order valence-corrected chi connectivity index (χ1v) is 6.77. The van der Waals surface area contributed by atoms with Crippen molar-refractivity contribution in [1.29, 1.82) is 0 Å². The second-order valence-electron chi connectivity index (χ2n) is 4.02. The molecule has 20 heavy (non-hydrogen) atoms. The summed E-state index contributed by atoms with van der Waals surface area (Å²) in [6, 6.07) is 9.58. The molecule has 102 valence electrons. The summed E-state index contributed by atoms with van der Waals surface area (Å²) in [5.41, 5.74) is 0.979. The highest BCUT2D eigenvalue weighted by molar-refractivity contribution is 6.49. The van der Waals surface area contributed by atoms with E-state index < -0.39 is 0 Å². The summed E-state index contributed by atoms with van der Waals surface area (Å²) in [5, 5.41) is 9.92. The van der Waals surface area contributed by atoms with E-state index in [1.54, 1.807) is 30.3 Å². The Morgan fingerprint density at radius 1 is 1.05 bits per heavy atom. The van der Waals surface area contributed by atoms with Crippen LogP contribution in [-0.4, -0.2) is 10.9 Å². The number of ketones is 1. The van der Waals surface area contributed by atoms with Crippen LogP contribution in [-0.2, 0) is 0 Å². The fraction of sp³-hybridized carbons (Fsp3) is 0. The number of allylic oxidation sites excluding steroid dienone is 1. The fourth-order valence-corrected chi connectivity index (χ4v) is 2.23. The summed E-state index contributed by atoms with van der Waals surface area (Å²) in [6.07, 6.45) is 2.95. The number of phenolic OH excluding ortho intramolecular Hbond substituents is 1. The number of rotatable bonds is 3. The minimum absolute atomic E-state index is 0.129. The third kappa shape index (κ3) is 3.34. The summed E-state index contributed by atoms with van der Waals surface area (Å²) in [4.78, 5) is 12.1. The molecule has 2 aromatic rings. The van der Waals surface area contributed by atoms with Gasteiger partial charge in [0.2, 0.25) is 0 Å². The third-order valence-corrected chi connectivity index (χ3v) is 3.89. The molecule has 5 heteroatoms. The number of hydrogen-bond donors (Lipinski definition) is 1. The van der Waals surface area contributed by atoms with E-state index in [1.165, 1.54) is 18.2 Å². The molecule has 0 aliphatic rings. The van der Waals surface area contributed by atoms with Crippen LogP contribution in [0, 0.1) is 0 Å². The fourth-order valence-electron chi connectivity index (χ4n) is 1.61. The second kappa shape index (κ2) is 6.31. The molecule has 0 heterocycles. The monoisotopic (exact) mass is 326 g/mol. The number of benzene rings is 2. The molecule has 0 radical (unpaired) electrons. The number of hydrogen-bond acceptors (Lipinski definition) is 2.